The van der Waals surface area contributed by atoms with E-state index in [1.807, 2.05) is 19.1 Å². The molecule has 0 amide bonds. The molecule has 4 nitrogen and oxygen atoms in total. The molecule has 0 aromatic carbocycles. The summed E-state index contributed by atoms with van der Waals surface area (Å²) in [4.78, 5) is 0. The van der Waals surface area contributed by atoms with Crippen LogP contribution < -0.4 is 0 Å². The van der Waals surface area contributed by atoms with Crippen LogP contribution in [0.15, 0.2) is 49.3 Å². The van der Waals surface area contributed by atoms with E-state index in [1.54, 1.807) is 13.2 Å². The fourth-order valence-corrected chi connectivity index (χ4v) is 6.30. The van der Waals surface area contributed by atoms with Gasteiger partial charge in [0.1, 0.15) is 17.0 Å². The zero-order valence-corrected chi connectivity index (χ0v) is 20.8. The third-order valence-electron chi connectivity index (χ3n) is 8.16. The fraction of sp³-hybridized carbons (Fsp3) is 0.680. The highest BCUT2D eigenvalue weighted by molar-refractivity contribution is 6.74. The van der Waals surface area contributed by atoms with Crippen molar-refractivity contribution in [2.75, 3.05) is 13.7 Å². The number of hydrogen-bond donors (Lipinski definition) is 1. The summed E-state index contributed by atoms with van der Waals surface area (Å²) in [5.74, 6) is 0.309. The minimum absolute atomic E-state index is 0.0338. The van der Waals surface area contributed by atoms with E-state index in [-0.39, 0.29) is 22.8 Å². The second kappa shape index (κ2) is 7.47. The van der Waals surface area contributed by atoms with E-state index in [4.69, 9.17) is 13.9 Å². The van der Waals surface area contributed by atoms with E-state index >= 15 is 0 Å². The van der Waals surface area contributed by atoms with Crippen LogP contribution in [-0.4, -0.2) is 43.9 Å². The molecule has 1 aliphatic carbocycles. The number of fused-ring (bicyclic) bond motifs is 1. The van der Waals surface area contributed by atoms with Crippen molar-refractivity contribution in [2.45, 2.75) is 75.5 Å². The van der Waals surface area contributed by atoms with Crippen molar-refractivity contribution in [2.24, 2.45) is 17.8 Å². The van der Waals surface area contributed by atoms with Gasteiger partial charge in [-0.2, -0.15) is 0 Å². The van der Waals surface area contributed by atoms with Gasteiger partial charge in [0.2, 0.25) is 0 Å². The van der Waals surface area contributed by atoms with E-state index in [0.717, 1.165) is 12.8 Å². The molecule has 5 heteroatoms. The Morgan fingerprint density at radius 2 is 2.03 bits per heavy atom. The first kappa shape index (κ1) is 23.5. The minimum Gasteiger partial charge on any atom is -0.498 e. The van der Waals surface area contributed by atoms with Crippen LogP contribution >= 0.6 is 0 Å². The molecule has 0 radical (unpaired) electrons. The van der Waals surface area contributed by atoms with Crippen LogP contribution in [0.5, 0.6) is 0 Å². The van der Waals surface area contributed by atoms with E-state index in [2.05, 4.69) is 59.2 Å². The normalized spacial score (nSPS) is 39.1. The average molecular weight is 433 g/mol. The maximum Gasteiger partial charge on any atom is 0.192 e. The maximum atomic E-state index is 12.2. The second-order valence-electron chi connectivity index (χ2n) is 10.8. The Morgan fingerprint density at radius 1 is 1.37 bits per heavy atom. The third-order valence-corrected chi connectivity index (χ3v) is 12.6. The predicted octanol–water partition coefficient (Wildman–Crippen LogP) is 5.38. The summed E-state index contributed by atoms with van der Waals surface area (Å²) in [6.07, 6.45) is 11.6. The van der Waals surface area contributed by atoms with E-state index < -0.39 is 25.1 Å². The first-order chi connectivity index (χ1) is 13.8. The monoisotopic (exact) mass is 432 g/mol. The van der Waals surface area contributed by atoms with Crippen molar-refractivity contribution in [3.63, 3.8) is 0 Å². The molecule has 3 rings (SSSR count). The van der Waals surface area contributed by atoms with Crippen LogP contribution in [0, 0.1) is 17.8 Å². The van der Waals surface area contributed by atoms with Crippen molar-refractivity contribution >= 4 is 8.32 Å². The Morgan fingerprint density at radius 3 is 2.57 bits per heavy atom. The lowest BCUT2D eigenvalue weighted by molar-refractivity contribution is -0.247. The van der Waals surface area contributed by atoms with Gasteiger partial charge in [-0.25, -0.2) is 0 Å². The van der Waals surface area contributed by atoms with E-state index in [0.29, 0.717) is 12.4 Å². The lowest BCUT2D eigenvalue weighted by atomic mass is 9.59. The van der Waals surface area contributed by atoms with Gasteiger partial charge in [-0.15, -0.1) is 13.2 Å². The summed E-state index contributed by atoms with van der Waals surface area (Å²) < 4.78 is 19.5. The largest absolute Gasteiger partial charge is 0.498 e. The highest BCUT2D eigenvalue weighted by atomic mass is 28.4. The summed E-state index contributed by atoms with van der Waals surface area (Å²) >= 11 is 0. The lowest BCUT2D eigenvalue weighted by Gasteiger charge is -2.56. The standard InChI is InChI=1S/C25H40O4Si/c1-10-18(3)24(26)21(27-7)16-23(17-28-30(8,9)22(4,5)6)15-20-14-12-13-19(11-2)25(20,24)29-23/h10-12,14,16,18-20,26H,1-2,13,15,17H2,3-9H3/t18-,19+,20+,23-,24+,25+/m0/s1. The number of rotatable bonds is 7. The molecule has 1 spiro atoms. The topological polar surface area (TPSA) is 47.9 Å². The third kappa shape index (κ3) is 3.12. The van der Waals surface area contributed by atoms with Crippen LogP contribution in [-0.2, 0) is 13.9 Å². The highest BCUT2D eigenvalue weighted by Gasteiger charge is 2.73. The maximum absolute atomic E-state index is 12.2. The van der Waals surface area contributed by atoms with Crippen molar-refractivity contribution in [1.82, 2.24) is 0 Å². The van der Waals surface area contributed by atoms with Gasteiger partial charge in [0.15, 0.2) is 13.9 Å². The van der Waals surface area contributed by atoms with Gasteiger partial charge in [-0.05, 0) is 37.0 Å². The van der Waals surface area contributed by atoms with E-state index in [1.165, 1.54) is 0 Å². The lowest BCUT2D eigenvalue weighted by Crippen LogP contribution is -2.68. The molecule has 1 saturated heterocycles. The van der Waals surface area contributed by atoms with Gasteiger partial charge in [0, 0.05) is 17.8 Å². The zero-order chi connectivity index (χ0) is 22.6. The Labute approximate surface area is 183 Å². The molecule has 3 aliphatic rings. The first-order valence-corrected chi connectivity index (χ1v) is 14.0. The number of allylic oxidation sites excluding steroid dienone is 1. The Kier molecular flexibility index (Phi) is 5.86. The first-order valence-electron chi connectivity index (χ1n) is 11.1. The summed E-state index contributed by atoms with van der Waals surface area (Å²) in [5, 5.41) is 12.3. The molecule has 1 fully saturated rings. The van der Waals surface area contributed by atoms with Gasteiger partial charge in [0.25, 0.3) is 0 Å². The van der Waals surface area contributed by atoms with Gasteiger partial charge in [-0.1, -0.05) is 52.0 Å². The number of aliphatic hydroxyl groups is 1. The molecule has 2 aliphatic heterocycles. The fourth-order valence-electron chi connectivity index (χ4n) is 5.26. The van der Waals surface area contributed by atoms with Crippen LogP contribution in [0.3, 0.4) is 0 Å². The molecule has 6 atom stereocenters. The molecule has 0 unspecified atom stereocenters. The number of ether oxygens (including phenoxy) is 2. The van der Waals surface area contributed by atoms with Gasteiger partial charge in [-0.3, -0.25) is 0 Å². The Bertz CT molecular complexity index is 764. The number of hydrogen-bond acceptors (Lipinski definition) is 4. The summed E-state index contributed by atoms with van der Waals surface area (Å²) in [7, 11) is -0.342. The SMILES string of the molecule is C=C[C@@H]1CC=C[C@@H]2C[C@@]3(CO[Si](C)(C)C(C)(C)C)C=C(OC)[C@](O)([C@@H](C)C=C)[C@@]12O3. The molecule has 0 aromatic heterocycles. The molecule has 168 valence electrons. The van der Waals surface area contributed by atoms with Crippen LogP contribution in [0.2, 0.25) is 18.1 Å². The van der Waals surface area contributed by atoms with Crippen LogP contribution in [0.1, 0.15) is 40.5 Å². The zero-order valence-electron chi connectivity index (χ0n) is 19.8. The molecule has 2 heterocycles. The molecule has 30 heavy (non-hydrogen) atoms. The van der Waals surface area contributed by atoms with Crippen LogP contribution in [0.25, 0.3) is 0 Å². The van der Waals surface area contributed by atoms with Gasteiger partial charge in [0.05, 0.1) is 13.7 Å². The Balaban J connectivity index is 2.13. The summed E-state index contributed by atoms with van der Waals surface area (Å²) in [6, 6.07) is 0. The van der Waals surface area contributed by atoms with Crippen molar-refractivity contribution in [3.8, 4) is 0 Å². The molecule has 0 aromatic rings. The highest BCUT2D eigenvalue weighted by Crippen LogP contribution is 2.63. The summed E-state index contributed by atoms with van der Waals surface area (Å²) in [5.41, 5.74) is -2.81. The molecule has 0 saturated carbocycles. The second-order valence-corrected chi connectivity index (χ2v) is 15.6. The van der Waals surface area contributed by atoms with Crippen molar-refractivity contribution in [3.05, 3.63) is 49.3 Å². The molecular weight excluding hydrogens is 392 g/mol. The minimum atomic E-state index is -1.97. The van der Waals surface area contributed by atoms with Crippen molar-refractivity contribution in [1.29, 1.82) is 0 Å². The Hall–Kier alpha value is -1.14. The smallest absolute Gasteiger partial charge is 0.192 e. The summed E-state index contributed by atoms with van der Waals surface area (Å²) in [6.45, 7) is 21.7. The molecular formula is C25H40O4Si. The predicted molar refractivity (Wildman–Crippen MR) is 125 cm³/mol. The van der Waals surface area contributed by atoms with Crippen molar-refractivity contribution < 1.29 is 19.0 Å². The van der Waals surface area contributed by atoms with E-state index in [9.17, 15) is 5.11 Å². The molecule has 2 bridgehead atoms. The average Bonchev–Trinajstić information content (AvgIpc) is 3.00. The molecule has 1 N–H and O–H groups in total. The van der Waals surface area contributed by atoms with Crippen LogP contribution in [0.4, 0.5) is 0 Å². The number of methoxy groups -OCH3 is 1. The van der Waals surface area contributed by atoms with Gasteiger partial charge < -0.3 is 19.0 Å². The van der Waals surface area contributed by atoms with Gasteiger partial charge >= 0.3 is 0 Å². The quantitative estimate of drug-likeness (QED) is 0.433.